The van der Waals surface area contributed by atoms with E-state index in [-0.39, 0.29) is 12.2 Å². The topological polar surface area (TPSA) is 36.9 Å². The molecule has 0 amide bonds. The van der Waals surface area contributed by atoms with Crippen LogP contribution >= 0.6 is 0 Å². The first-order chi connectivity index (χ1) is 12.9. The van der Waals surface area contributed by atoms with Crippen molar-refractivity contribution in [1.82, 2.24) is 0 Å². The summed E-state index contributed by atoms with van der Waals surface area (Å²) in [6.07, 6.45) is -1.63. The molecule has 1 aliphatic rings. The van der Waals surface area contributed by atoms with Crippen molar-refractivity contribution in [3.63, 3.8) is 0 Å². The van der Waals surface area contributed by atoms with Gasteiger partial charge in [-0.05, 0) is 36.2 Å². The molecule has 0 N–H and O–H groups in total. The van der Waals surface area contributed by atoms with E-state index in [1.54, 1.807) is 24.3 Å². The van der Waals surface area contributed by atoms with E-state index < -0.39 is 18.0 Å². The highest BCUT2D eigenvalue weighted by Gasteiger charge is 2.33. The molecule has 0 saturated heterocycles. The molecular weight excluding hydrogens is 361 g/mol. The Hall–Kier alpha value is -2.83. The molecule has 4 nitrogen and oxygen atoms in total. The van der Waals surface area contributed by atoms with Gasteiger partial charge in [0.05, 0.1) is 12.7 Å². The number of methoxy groups -OCH3 is 1. The van der Waals surface area contributed by atoms with Crippen molar-refractivity contribution in [2.24, 2.45) is 0 Å². The van der Waals surface area contributed by atoms with Crippen molar-refractivity contribution in [1.29, 1.82) is 0 Å². The highest BCUT2D eigenvalue weighted by molar-refractivity contribution is 5.44. The maximum atomic E-state index is 13.3. The van der Waals surface area contributed by atoms with Crippen LogP contribution in [0, 0.1) is 0 Å². The quantitative estimate of drug-likeness (QED) is 0.675. The summed E-state index contributed by atoms with van der Waals surface area (Å²) in [4.78, 5) is 0. The van der Waals surface area contributed by atoms with Crippen molar-refractivity contribution in [2.45, 2.75) is 32.4 Å². The number of hydrogen-bond donors (Lipinski definition) is 0. The van der Waals surface area contributed by atoms with Gasteiger partial charge in [-0.1, -0.05) is 19.1 Å². The molecule has 0 aliphatic carbocycles. The first-order valence-corrected chi connectivity index (χ1v) is 8.38. The second-order valence-electron chi connectivity index (χ2n) is 5.92. The third-order valence-corrected chi connectivity index (χ3v) is 4.19. The molecule has 0 saturated carbocycles. The number of alkyl halides is 3. The molecule has 0 bridgehead atoms. The fourth-order valence-electron chi connectivity index (χ4n) is 2.73. The van der Waals surface area contributed by atoms with Crippen LogP contribution in [-0.4, -0.2) is 7.11 Å². The van der Waals surface area contributed by atoms with Gasteiger partial charge in [0.1, 0.15) is 19.1 Å². The van der Waals surface area contributed by atoms with Crippen molar-refractivity contribution in [3.8, 4) is 11.5 Å². The lowest BCUT2D eigenvalue weighted by molar-refractivity contribution is -0.138. The molecule has 0 radical (unpaired) electrons. The minimum Gasteiger partial charge on any atom is -0.493 e. The fraction of sp³-hybridized carbons (Fsp3) is 0.300. The number of aryl methyl sites for hydroxylation is 1. The van der Waals surface area contributed by atoms with E-state index in [2.05, 4.69) is 0 Å². The second kappa shape index (κ2) is 7.82. The Morgan fingerprint density at radius 2 is 1.74 bits per heavy atom. The Morgan fingerprint density at radius 1 is 1.00 bits per heavy atom. The lowest BCUT2D eigenvalue weighted by atomic mass is 10.0. The van der Waals surface area contributed by atoms with Crippen LogP contribution in [-0.2, 0) is 28.7 Å². The molecule has 0 fully saturated rings. The molecule has 2 aromatic rings. The first-order valence-electron chi connectivity index (χ1n) is 8.38. The van der Waals surface area contributed by atoms with Crippen molar-refractivity contribution >= 4 is 0 Å². The monoisotopic (exact) mass is 380 g/mol. The predicted octanol–water partition coefficient (Wildman–Crippen LogP) is 5.37. The summed E-state index contributed by atoms with van der Waals surface area (Å²) in [7, 11) is 1.46. The van der Waals surface area contributed by atoms with Crippen LogP contribution < -0.4 is 9.47 Å². The van der Waals surface area contributed by atoms with Crippen LogP contribution in [0.5, 0.6) is 11.5 Å². The Kier molecular flexibility index (Phi) is 5.48. The Labute approximate surface area is 155 Å². The zero-order chi connectivity index (χ0) is 19.4. The molecular formula is C20H19F3O4. The van der Waals surface area contributed by atoms with E-state index in [9.17, 15) is 13.2 Å². The van der Waals surface area contributed by atoms with Gasteiger partial charge in [0, 0.05) is 11.1 Å². The number of rotatable bonds is 6. The smallest absolute Gasteiger partial charge is 0.416 e. The van der Waals surface area contributed by atoms with Crippen LogP contribution in [0.3, 0.4) is 0 Å². The van der Waals surface area contributed by atoms with Gasteiger partial charge in [0.25, 0.3) is 6.29 Å². The summed E-state index contributed by atoms with van der Waals surface area (Å²) in [5.41, 5.74) is 0.708. The van der Waals surface area contributed by atoms with E-state index in [0.717, 1.165) is 0 Å². The highest BCUT2D eigenvalue weighted by Crippen LogP contribution is 2.36. The fourth-order valence-corrected chi connectivity index (χ4v) is 2.73. The summed E-state index contributed by atoms with van der Waals surface area (Å²) >= 11 is 0. The van der Waals surface area contributed by atoms with Gasteiger partial charge in [0.15, 0.2) is 11.5 Å². The molecule has 144 valence electrons. The molecule has 0 spiro atoms. The molecule has 0 atom stereocenters. The summed E-state index contributed by atoms with van der Waals surface area (Å²) in [5, 5.41) is 0. The largest absolute Gasteiger partial charge is 0.493 e. The molecule has 7 heteroatoms. The van der Waals surface area contributed by atoms with Gasteiger partial charge in [-0.2, -0.15) is 13.2 Å². The maximum absolute atomic E-state index is 13.3. The van der Waals surface area contributed by atoms with Crippen LogP contribution in [0.15, 0.2) is 48.9 Å². The Morgan fingerprint density at radius 3 is 2.37 bits per heavy atom. The van der Waals surface area contributed by atoms with E-state index in [0.29, 0.717) is 29.0 Å². The second-order valence-corrected chi connectivity index (χ2v) is 5.92. The van der Waals surface area contributed by atoms with Crippen LogP contribution in [0.2, 0.25) is 0 Å². The van der Waals surface area contributed by atoms with E-state index >= 15 is 0 Å². The summed E-state index contributed by atoms with van der Waals surface area (Å²) < 4.78 is 61.5. The minimum absolute atomic E-state index is 0.0671. The van der Waals surface area contributed by atoms with E-state index in [1.165, 1.54) is 31.8 Å². The molecule has 1 aliphatic heterocycles. The third kappa shape index (κ3) is 4.30. The zero-order valence-corrected chi connectivity index (χ0v) is 14.9. The molecule has 3 rings (SSSR count). The number of ether oxygens (including phenoxy) is 4. The average Bonchev–Trinajstić information content (AvgIpc) is 3.20. The van der Waals surface area contributed by atoms with Gasteiger partial charge < -0.3 is 18.9 Å². The Bertz CT molecular complexity index is 822. The molecule has 0 unspecified atom stereocenters. The zero-order valence-electron chi connectivity index (χ0n) is 14.9. The van der Waals surface area contributed by atoms with Gasteiger partial charge in [-0.3, -0.25) is 0 Å². The van der Waals surface area contributed by atoms with Crippen LogP contribution in [0.4, 0.5) is 13.2 Å². The van der Waals surface area contributed by atoms with Crippen molar-refractivity contribution in [3.05, 3.63) is 71.2 Å². The lowest BCUT2D eigenvalue weighted by Gasteiger charge is -2.17. The summed E-state index contributed by atoms with van der Waals surface area (Å²) in [6, 6.07) is 9.29. The summed E-state index contributed by atoms with van der Waals surface area (Å²) in [6.45, 7) is 1.58. The van der Waals surface area contributed by atoms with Gasteiger partial charge in [-0.25, -0.2) is 0 Å². The van der Waals surface area contributed by atoms with Crippen LogP contribution in [0.25, 0.3) is 0 Å². The van der Waals surface area contributed by atoms with E-state index in [1.807, 2.05) is 6.92 Å². The van der Waals surface area contributed by atoms with Gasteiger partial charge in [-0.15, -0.1) is 0 Å². The predicted molar refractivity (Wildman–Crippen MR) is 92.2 cm³/mol. The maximum Gasteiger partial charge on any atom is 0.416 e. The average molecular weight is 380 g/mol. The standard InChI is InChI=1S/C20H19F3O4/c1-3-13-4-5-15(16(10-13)20(21,22)23)12-27-17-7-6-14(11-18(17)24-2)19-25-8-9-26-19/h4-11,19H,3,12H2,1-2H3. The highest BCUT2D eigenvalue weighted by atomic mass is 19.4. The molecule has 0 aromatic heterocycles. The molecule has 2 aromatic carbocycles. The van der Waals surface area contributed by atoms with Gasteiger partial charge >= 0.3 is 6.18 Å². The number of hydrogen-bond acceptors (Lipinski definition) is 4. The number of halogens is 3. The minimum atomic E-state index is -4.44. The SMILES string of the molecule is CCc1ccc(COc2ccc(C3OC=CO3)cc2OC)c(C(F)(F)F)c1. The molecule has 1 heterocycles. The van der Waals surface area contributed by atoms with E-state index in [4.69, 9.17) is 18.9 Å². The molecule has 27 heavy (non-hydrogen) atoms. The van der Waals surface area contributed by atoms with Gasteiger partial charge in [0.2, 0.25) is 0 Å². The van der Waals surface area contributed by atoms with Crippen molar-refractivity contribution < 1.29 is 32.1 Å². The Balaban J connectivity index is 1.80. The van der Waals surface area contributed by atoms with Crippen LogP contribution in [0.1, 0.15) is 35.5 Å². The first kappa shape index (κ1) is 18.9. The number of benzene rings is 2. The summed E-state index contributed by atoms with van der Waals surface area (Å²) in [5.74, 6) is 0.713. The lowest BCUT2D eigenvalue weighted by Crippen LogP contribution is -2.12. The third-order valence-electron chi connectivity index (χ3n) is 4.19. The van der Waals surface area contributed by atoms with Crippen molar-refractivity contribution in [2.75, 3.05) is 7.11 Å². The normalized spacial score (nSPS) is 14.0.